The van der Waals surface area contributed by atoms with Gasteiger partial charge in [0, 0.05) is 30.3 Å². The normalized spacial score (nSPS) is 14.7. The van der Waals surface area contributed by atoms with Gasteiger partial charge in [-0.3, -0.25) is 0 Å². The van der Waals surface area contributed by atoms with Gasteiger partial charge in [0.1, 0.15) is 11.5 Å². The van der Waals surface area contributed by atoms with Crippen LogP contribution in [0.1, 0.15) is 94.6 Å². The number of rotatable bonds is 17. The molecule has 180 valence electrons. The summed E-state index contributed by atoms with van der Waals surface area (Å²) in [6, 6.07) is 8.33. The van der Waals surface area contributed by atoms with Gasteiger partial charge in [-0.1, -0.05) is 57.8 Å². The van der Waals surface area contributed by atoms with Crippen molar-refractivity contribution in [1.82, 2.24) is 9.97 Å². The number of hydrogen-bond donors (Lipinski definition) is 3. The summed E-state index contributed by atoms with van der Waals surface area (Å²) in [4.78, 5) is 11.5. The molecular formula is C28H41N3O2. The number of ether oxygens (including phenoxy) is 1. The Labute approximate surface area is 199 Å². The fourth-order valence-electron chi connectivity index (χ4n) is 4.27. The second-order valence-electron chi connectivity index (χ2n) is 8.85. The molecule has 2 aromatic rings. The highest BCUT2D eigenvalue weighted by atomic mass is 16.5. The number of aromatic amines is 2. The minimum atomic E-state index is 0.345. The van der Waals surface area contributed by atoms with Gasteiger partial charge in [-0.25, -0.2) is 4.99 Å². The molecule has 0 saturated carbocycles. The smallest absolute Gasteiger partial charge is 0.147 e. The minimum Gasteiger partial charge on any atom is -0.492 e. The van der Waals surface area contributed by atoms with Crippen LogP contribution < -0.4 is 0 Å². The second kappa shape index (κ2) is 14.6. The van der Waals surface area contributed by atoms with Crippen LogP contribution in [0, 0.1) is 0 Å². The Morgan fingerprint density at radius 2 is 1.61 bits per heavy atom. The summed E-state index contributed by atoms with van der Waals surface area (Å²) >= 11 is 0. The molecule has 0 amide bonds. The number of hydrogen-bond acceptors (Lipinski definition) is 3. The number of nitrogens with zero attached hydrogens (tertiary/aromatic N) is 1. The Balaban J connectivity index is 1.35. The lowest BCUT2D eigenvalue weighted by Gasteiger charge is -2.04. The predicted molar refractivity (Wildman–Crippen MR) is 137 cm³/mol. The minimum absolute atomic E-state index is 0.345. The van der Waals surface area contributed by atoms with Crippen molar-refractivity contribution in [3.05, 3.63) is 65.1 Å². The summed E-state index contributed by atoms with van der Waals surface area (Å²) in [5.41, 5.74) is 5.13. The van der Waals surface area contributed by atoms with E-state index in [1.54, 1.807) is 0 Å². The van der Waals surface area contributed by atoms with Crippen LogP contribution in [-0.2, 0) is 11.2 Å². The lowest BCUT2D eigenvalue weighted by molar-refractivity contribution is 0.239. The maximum atomic E-state index is 8.79. The zero-order chi connectivity index (χ0) is 23.1. The summed E-state index contributed by atoms with van der Waals surface area (Å²) in [7, 11) is 0. The van der Waals surface area contributed by atoms with Gasteiger partial charge in [-0.15, -0.1) is 0 Å². The van der Waals surface area contributed by atoms with Crippen molar-refractivity contribution in [2.24, 2.45) is 4.99 Å². The van der Waals surface area contributed by atoms with Crippen molar-refractivity contribution in [2.75, 3.05) is 13.2 Å². The van der Waals surface area contributed by atoms with Crippen LogP contribution in [0.5, 0.6) is 0 Å². The van der Waals surface area contributed by atoms with Crippen LogP contribution in [0.15, 0.2) is 53.0 Å². The lowest BCUT2D eigenvalue weighted by Crippen LogP contribution is -1.94. The van der Waals surface area contributed by atoms with Crippen molar-refractivity contribution >= 4 is 11.8 Å². The molecule has 2 aromatic heterocycles. The molecule has 5 nitrogen and oxygen atoms in total. The highest BCUT2D eigenvalue weighted by Gasteiger charge is 2.17. The van der Waals surface area contributed by atoms with Gasteiger partial charge in [0.2, 0.25) is 0 Å². The van der Waals surface area contributed by atoms with Crippen molar-refractivity contribution in [2.45, 2.75) is 84.0 Å². The average molecular weight is 452 g/mol. The van der Waals surface area contributed by atoms with E-state index in [1.807, 2.05) is 31.3 Å². The summed E-state index contributed by atoms with van der Waals surface area (Å²) in [5, 5.41) is 8.79. The monoisotopic (exact) mass is 451 g/mol. The van der Waals surface area contributed by atoms with Crippen molar-refractivity contribution < 1.29 is 9.84 Å². The molecular weight excluding hydrogens is 410 g/mol. The standard InChI is InChI=1S/C28H41N3O2/c1-2-33-28-22-26(25-16-14-19-29-25)31-27(28)21-24-18-17-23(30-24)15-12-10-8-6-4-3-5-7-9-11-13-20-32/h14,16-19,21-22,29-30,32H,2-13,15,20H2,1H3. The molecule has 5 heteroatoms. The van der Waals surface area contributed by atoms with Crippen LogP contribution in [0.25, 0.3) is 6.08 Å². The third-order valence-electron chi connectivity index (χ3n) is 6.10. The fourth-order valence-corrected chi connectivity index (χ4v) is 4.27. The first-order chi connectivity index (χ1) is 16.3. The van der Waals surface area contributed by atoms with Crippen LogP contribution in [0.2, 0.25) is 0 Å². The second-order valence-corrected chi connectivity index (χ2v) is 8.85. The fraction of sp³-hybridized carbons (Fsp3) is 0.536. The quantitative estimate of drug-likeness (QED) is 0.228. The molecule has 3 rings (SSSR count). The van der Waals surface area contributed by atoms with Crippen molar-refractivity contribution in [1.29, 1.82) is 0 Å². The van der Waals surface area contributed by atoms with Crippen molar-refractivity contribution in [3.63, 3.8) is 0 Å². The number of aryl methyl sites for hydroxylation is 1. The van der Waals surface area contributed by atoms with E-state index in [2.05, 4.69) is 28.2 Å². The summed E-state index contributed by atoms with van der Waals surface area (Å²) < 4.78 is 5.81. The SMILES string of the molecule is CCOC1=CC(c2ccc[nH]2)=NC1=Cc1ccc(CCCCCCCCCCCCCO)[nH]1. The predicted octanol–water partition coefficient (Wildman–Crippen LogP) is 6.93. The van der Waals surface area contributed by atoms with Gasteiger partial charge >= 0.3 is 0 Å². The van der Waals surface area contributed by atoms with Crippen LogP contribution in [0.3, 0.4) is 0 Å². The molecule has 0 unspecified atom stereocenters. The van der Waals surface area contributed by atoms with E-state index in [0.717, 1.165) is 41.4 Å². The first kappa shape index (κ1) is 25.1. The maximum Gasteiger partial charge on any atom is 0.147 e. The molecule has 33 heavy (non-hydrogen) atoms. The molecule has 0 aliphatic carbocycles. The number of aromatic nitrogens is 2. The van der Waals surface area contributed by atoms with Crippen LogP contribution >= 0.6 is 0 Å². The van der Waals surface area contributed by atoms with E-state index in [0.29, 0.717) is 13.2 Å². The van der Waals surface area contributed by atoms with E-state index in [4.69, 9.17) is 14.8 Å². The third-order valence-corrected chi connectivity index (χ3v) is 6.10. The van der Waals surface area contributed by atoms with Gasteiger partial charge in [0.25, 0.3) is 0 Å². The zero-order valence-electron chi connectivity index (χ0n) is 20.2. The Kier molecular flexibility index (Phi) is 11.1. The molecule has 3 heterocycles. The summed E-state index contributed by atoms with van der Waals surface area (Å²) in [6.07, 6.45) is 21.1. The molecule has 0 radical (unpaired) electrons. The van der Waals surface area contributed by atoms with Gasteiger partial charge in [-0.05, 0) is 56.5 Å². The number of allylic oxidation sites excluding steroid dienone is 1. The van der Waals surface area contributed by atoms with Gasteiger partial charge in [0.15, 0.2) is 0 Å². The number of aliphatic imine (C=N–C) groups is 1. The molecule has 3 N–H and O–H groups in total. The summed E-state index contributed by atoms with van der Waals surface area (Å²) in [6.45, 7) is 2.97. The van der Waals surface area contributed by atoms with E-state index >= 15 is 0 Å². The highest BCUT2D eigenvalue weighted by Crippen LogP contribution is 2.25. The molecule has 0 fully saturated rings. The van der Waals surface area contributed by atoms with Crippen molar-refractivity contribution in [3.8, 4) is 0 Å². The largest absolute Gasteiger partial charge is 0.492 e. The highest BCUT2D eigenvalue weighted by molar-refractivity contribution is 6.11. The van der Waals surface area contributed by atoms with Gasteiger partial charge in [-0.2, -0.15) is 0 Å². The van der Waals surface area contributed by atoms with Gasteiger partial charge < -0.3 is 19.8 Å². The molecule has 0 bridgehead atoms. The Morgan fingerprint density at radius 3 is 2.24 bits per heavy atom. The number of H-pyrrole nitrogens is 2. The van der Waals surface area contributed by atoms with Crippen LogP contribution in [0.4, 0.5) is 0 Å². The van der Waals surface area contributed by atoms with E-state index in [9.17, 15) is 0 Å². The summed E-state index contributed by atoms with van der Waals surface area (Å²) in [5.74, 6) is 0.823. The molecule has 0 spiro atoms. The third kappa shape index (κ3) is 8.73. The zero-order valence-corrected chi connectivity index (χ0v) is 20.2. The Bertz CT molecular complexity index is 890. The average Bonchev–Trinajstić information content (AvgIpc) is 3.57. The maximum absolute atomic E-state index is 8.79. The van der Waals surface area contributed by atoms with E-state index in [1.165, 1.54) is 69.9 Å². The molecule has 1 aliphatic rings. The molecule has 0 atom stereocenters. The van der Waals surface area contributed by atoms with E-state index in [-0.39, 0.29) is 0 Å². The number of aliphatic hydroxyl groups excluding tert-OH is 1. The lowest BCUT2D eigenvalue weighted by atomic mass is 10.0. The first-order valence-corrected chi connectivity index (χ1v) is 12.9. The number of nitrogens with one attached hydrogen (secondary N) is 2. The van der Waals surface area contributed by atoms with Gasteiger partial charge in [0.05, 0.1) is 18.0 Å². The van der Waals surface area contributed by atoms with E-state index < -0.39 is 0 Å². The number of unbranched alkanes of at least 4 members (excludes halogenated alkanes) is 10. The Hall–Kier alpha value is -2.53. The molecule has 1 aliphatic heterocycles. The molecule has 0 saturated heterocycles. The molecule has 0 aromatic carbocycles. The number of aliphatic hydroxyl groups is 1. The van der Waals surface area contributed by atoms with Crippen LogP contribution in [-0.4, -0.2) is 34.0 Å². The topological polar surface area (TPSA) is 73.4 Å². The first-order valence-electron chi connectivity index (χ1n) is 12.9. The Morgan fingerprint density at radius 1 is 0.909 bits per heavy atom.